The van der Waals surface area contributed by atoms with Crippen molar-refractivity contribution in [2.45, 2.75) is 64.6 Å². The summed E-state index contributed by atoms with van der Waals surface area (Å²) in [6, 6.07) is 1.55. The fraction of sp³-hybridized carbons (Fsp3) is 0.600. The number of hydrogen-bond acceptors (Lipinski definition) is 1. The minimum absolute atomic E-state index is 0.00656. The molecule has 0 amide bonds. The molecule has 0 heterocycles. The Morgan fingerprint density at radius 3 is 2.23 bits per heavy atom. The van der Waals surface area contributed by atoms with Crippen molar-refractivity contribution in [3.63, 3.8) is 0 Å². The van der Waals surface area contributed by atoms with Crippen molar-refractivity contribution in [2.75, 3.05) is 0 Å². The van der Waals surface area contributed by atoms with Crippen LogP contribution < -0.4 is 0 Å². The molecule has 1 fully saturated rings. The normalized spacial score (nSPS) is 22.3. The van der Waals surface area contributed by atoms with Gasteiger partial charge in [0.25, 0.3) is 6.43 Å². The molecule has 2 rings (SSSR count). The van der Waals surface area contributed by atoms with Gasteiger partial charge in [0.05, 0.1) is 6.61 Å². The Bertz CT molecular complexity index is 571. The van der Waals surface area contributed by atoms with E-state index in [0.29, 0.717) is 18.8 Å². The third-order valence-corrected chi connectivity index (χ3v) is 5.07. The predicted octanol–water partition coefficient (Wildman–Crippen LogP) is 6.42. The van der Waals surface area contributed by atoms with Crippen LogP contribution in [0.5, 0.6) is 0 Å². The molecule has 1 aromatic carbocycles. The second kappa shape index (κ2) is 10.0. The van der Waals surface area contributed by atoms with Gasteiger partial charge in [0.1, 0.15) is 6.10 Å². The maximum Gasteiger partial charge on any atom is 0.264 e. The molecule has 1 aliphatic carbocycles. The van der Waals surface area contributed by atoms with Crippen molar-refractivity contribution in [3.05, 3.63) is 47.3 Å². The zero-order valence-corrected chi connectivity index (χ0v) is 14.9. The Kier molecular flexibility index (Phi) is 8.07. The lowest BCUT2D eigenvalue weighted by atomic mass is 9.77. The van der Waals surface area contributed by atoms with Crippen LogP contribution in [0, 0.1) is 29.3 Å². The van der Waals surface area contributed by atoms with E-state index < -0.39 is 30.0 Å². The Morgan fingerprint density at radius 1 is 1.08 bits per heavy atom. The summed E-state index contributed by atoms with van der Waals surface area (Å²) >= 11 is 0. The highest BCUT2D eigenvalue weighted by atomic mass is 19.3. The van der Waals surface area contributed by atoms with Gasteiger partial charge in [-0.3, -0.25) is 0 Å². The van der Waals surface area contributed by atoms with Gasteiger partial charge in [-0.1, -0.05) is 25.0 Å². The van der Waals surface area contributed by atoms with Crippen molar-refractivity contribution < 1.29 is 26.7 Å². The van der Waals surface area contributed by atoms with Gasteiger partial charge in [-0.2, -0.15) is 0 Å². The number of allylic oxidation sites excluding steroid dienone is 2. The summed E-state index contributed by atoms with van der Waals surface area (Å²) in [5, 5.41) is 0. The molecule has 1 saturated carbocycles. The van der Waals surface area contributed by atoms with E-state index in [-0.39, 0.29) is 18.1 Å². The minimum atomic E-state index is -2.67. The fourth-order valence-electron chi connectivity index (χ4n) is 3.60. The Balaban J connectivity index is 1.89. The third-order valence-electron chi connectivity index (χ3n) is 5.07. The van der Waals surface area contributed by atoms with Crippen molar-refractivity contribution in [1.29, 1.82) is 0 Å². The molecule has 26 heavy (non-hydrogen) atoms. The number of hydrogen-bond donors (Lipinski definition) is 0. The fourth-order valence-corrected chi connectivity index (χ4v) is 3.60. The van der Waals surface area contributed by atoms with Crippen LogP contribution in [0.2, 0.25) is 0 Å². The summed E-state index contributed by atoms with van der Waals surface area (Å²) in [5.41, 5.74) is 0.00656. The van der Waals surface area contributed by atoms with Crippen molar-refractivity contribution in [3.8, 4) is 0 Å². The van der Waals surface area contributed by atoms with Crippen LogP contribution in [-0.4, -0.2) is 12.5 Å². The van der Waals surface area contributed by atoms with E-state index in [2.05, 4.69) is 6.08 Å². The molecule has 1 aliphatic rings. The predicted molar refractivity (Wildman–Crippen MR) is 90.4 cm³/mol. The van der Waals surface area contributed by atoms with Crippen molar-refractivity contribution in [2.24, 2.45) is 11.8 Å². The standard InChI is InChI=1S/C20H25F5O/c1-2-3-4-5-13-6-8-15(9-7-13)19(20(24)25)26-12-14-10-16(21)18(23)17(22)11-14/h2-3,10-11,13,15,19-20H,4-9,12H2,1H3/b3-2+. The van der Waals surface area contributed by atoms with Crippen LogP contribution in [0.15, 0.2) is 24.3 Å². The molecule has 0 saturated heterocycles. The van der Waals surface area contributed by atoms with E-state index >= 15 is 0 Å². The van der Waals surface area contributed by atoms with Gasteiger partial charge in [-0.05, 0) is 62.1 Å². The van der Waals surface area contributed by atoms with E-state index in [1.807, 2.05) is 13.0 Å². The molecule has 1 atom stereocenters. The van der Waals surface area contributed by atoms with Gasteiger partial charge in [-0.15, -0.1) is 0 Å². The molecule has 0 radical (unpaired) electrons. The van der Waals surface area contributed by atoms with Crippen LogP contribution in [-0.2, 0) is 11.3 Å². The summed E-state index contributed by atoms with van der Waals surface area (Å²) < 4.78 is 71.5. The molecule has 1 nitrogen and oxygen atoms in total. The molecule has 0 N–H and O–H groups in total. The van der Waals surface area contributed by atoms with E-state index in [0.717, 1.165) is 37.8 Å². The summed E-state index contributed by atoms with van der Waals surface area (Å²) in [6.07, 6.45) is 5.31. The smallest absolute Gasteiger partial charge is 0.264 e. The van der Waals surface area contributed by atoms with E-state index in [9.17, 15) is 22.0 Å². The number of benzene rings is 1. The van der Waals surface area contributed by atoms with E-state index in [1.165, 1.54) is 0 Å². The van der Waals surface area contributed by atoms with E-state index in [4.69, 9.17) is 4.74 Å². The number of halogens is 5. The third kappa shape index (κ3) is 5.79. The summed E-state index contributed by atoms with van der Waals surface area (Å²) in [5.74, 6) is -4.00. The second-order valence-electron chi connectivity index (χ2n) is 6.91. The van der Waals surface area contributed by atoms with Crippen LogP contribution in [0.1, 0.15) is 51.0 Å². The van der Waals surface area contributed by atoms with Gasteiger partial charge >= 0.3 is 0 Å². The molecule has 0 aliphatic heterocycles. The van der Waals surface area contributed by atoms with Gasteiger partial charge < -0.3 is 4.74 Å². The molecule has 0 bridgehead atoms. The highest BCUT2D eigenvalue weighted by Crippen LogP contribution is 2.36. The molecule has 0 aromatic heterocycles. The molecule has 1 aromatic rings. The lowest BCUT2D eigenvalue weighted by Gasteiger charge is -2.33. The number of alkyl halides is 2. The lowest BCUT2D eigenvalue weighted by molar-refractivity contribution is -0.102. The molecule has 6 heteroatoms. The van der Waals surface area contributed by atoms with Gasteiger partial charge in [0, 0.05) is 0 Å². The van der Waals surface area contributed by atoms with Crippen molar-refractivity contribution in [1.82, 2.24) is 0 Å². The first kappa shape index (κ1) is 20.9. The zero-order valence-electron chi connectivity index (χ0n) is 14.9. The Morgan fingerprint density at radius 2 is 1.69 bits per heavy atom. The summed E-state index contributed by atoms with van der Waals surface area (Å²) in [6.45, 7) is 1.60. The molecule has 0 spiro atoms. The minimum Gasteiger partial charge on any atom is -0.367 e. The second-order valence-corrected chi connectivity index (χ2v) is 6.91. The molecule has 1 unspecified atom stereocenters. The number of rotatable bonds is 8. The van der Waals surface area contributed by atoms with Gasteiger partial charge in [0.15, 0.2) is 17.5 Å². The largest absolute Gasteiger partial charge is 0.367 e. The summed E-state index contributed by atoms with van der Waals surface area (Å²) in [4.78, 5) is 0. The monoisotopic (exact) mass is 376 g/mol. The topological polar surface area (TPSA) is 9.23 Å². The highest BCUT2D eigenvalue weighted by molar-refractivity contribution is 5.18. The van der Waals surface area contributed by atoms with Crippen LogP contribution >= 0.6 is 0 Å². The van der Waals surface area contributed by atoms with Gasteiger partial charge in [-0.25, -0.2) is 22.0 Å². The first-order valence-corrected chi connectivity index (χ1v) is 9.06. The van der Waals surface area contributed by atoms with Crippen LogP contribution in [0.3, 0.4) is 0 Å². The molecular formula is C20H25F5O. The Hall–Kier alpha value is -1.43. The van der Waals surface area contributed by atoms with Crippen LogP contribution in [0.4, 0.5) is 22.0 Å². The maximum atomic E-state index is 13.4. The highest BCUT2D eigenvalue weighted by Gasteiger charge is 2.33. The zero-order chi connectivity index (χ0) is 19.1. The summed E-state index contributed by atoms with van der Waals surface area (Å²) in [7, 11) is 0. The lowest BCUT2D eigenvalue weighted by Crippen LogP contribution is -2.34. The van der Waals surface area contributed by atoms with Crippen LogP contribution in [0.25, 0.3) is 0 Å². The SMILES string of the molecule is C/C=C/CCC1CCC(C(OCc2cc(F)c(F)c(F)c2)C(F)F)CC1. The Labute approximate surface area is 151 Å². The van der Waals surface area contributed by atoms with E-state index in [1.54, 1.807) is 0 Å². The number of ether oxygens (including phenoxy) is 1. The maximum absolute atomic E-state index is 13.4. The average molecular weight is 376 g/mol. The molecular weight excluding hydrogens is 351 g/mol. The average Bonchev–Trinajstić information content (AvgIpc) is 2.61. The quantitative estimate of drug-likeness (QED) is 0.289. The van der Waals surface area contributed by atoms with Crippen molar-refractivity contribution >= 4 is 0 Å². The molecule has 146 valence electrons. The van der Waals surface area contributed by atoms with Gasteiger partial charge in [0.2, 0.25) is 0 Å². The first-order chi connectivity index (χ1) is 12.4. The first-order valence-electron chi connectivity index (χ1n) is 9.06.